The number of hydrogen-bond acceptors (Lipinski definition) is 3. The quantitative estimate of drug-likeness (QED) is 0.832. The highest BCUT2D eigenvalue weighted by Gasteiger charge is 2.16. The van der Waals surface area contributed by atoms with Crippen molar-refractivity contribution in [2.75, 3.05) is 13.7 Å². The average molecular weight is 222 g/mol. The molecule has 0 aliphatic carbocycles. The molecule has 2 atom stereocenters. The Morgan fingerprint density at radius 2 is 2.06 bits per heavy atom. The minimum absolute atomic E-state index is 0.0447. The Morgan fingerprint density at radius 1 is 1.38 bits per heavy atom. The van der Waals surface area contributed by atoms with Gasteiger partial charge in [-0.1, -0.05) is 13.0 Å². The lowest BCUT2D eigenvalue weighted by Gasteiger charge is -2.21. The molecular formula is C13H22N2O. The molecule has 1 rings (SSSR count). The zero-order chi connectivity index (χ0) is 12.1. The normalized spacial score (nSPS) is 14.8. The van der Waals surface area contributed by atoms with Gasteiger partial charge in [0.1, 0.15) is 0 Å². The minimum Gasteiger partial charge on any atom is -0.385 e. The van der Waals surface area contributed by atoms with Crippen LogP contribution < -0.4 is 5.73 Å². The van der Waals surface area contributed by atoms with Crippen LogP contribution in [0, 0.1) is 19.8 Å². The molecular weight excluding hydrogens is 200 g/mol. The number of aromatic nitrogens is 1. The van der Waals surface area contributed by atoms with Crippen molar-refractivity contribution >= 4 is 0 Å². The summed E-state index contributed by atoms with van der Waals surface area (Å²) in [7, 11) is 1.72. The third-order valence-electron chi connectivity index (χ3n) is 3.02. The topological polar surface area (TPSA) is 48.1 Å². The van der Waals surface area contributed by atoms with E-state index in [9.17, 15) is 0 Å². The Hall–Kier alpha value is -0.930. The maximum absolute atomic E-state index is 6.23. The molecule has 0 amide bonds. The molecule has 0 saturated heterocycles. The largest absolute Gasteiger partial charge is 0.385 e. The van der Waals surface area contributed by atoms with Gasteiger partial charge in [-0.05, 0) is 37.8 Å². The molecule has 90 valence electrons. The Morgan fingerprint density at radius 3 is 2.62 bits per heavy atom. The van der Waals surface area contributed by atoms with Gasteiger partial charge in [0.15, 0.2) is 0 Å². The maximum atomic E-state index is 6.23. The van der Waals surface area contributed by atoms with Gasteiger partial charge in [0.2, 0.25) is 0 Å². The number of rotatable bonds is 5. The Balaban J connectivity index is 2.75. The van der Waals surface area contributed by atoms with Crippen LogP contribution in [0.5, 0.6) is 0 Å². The molecule has 3 heteroatoms. The van der Waals surface area contributed by atoms with Crippen molar-refractivity contribution in [1.82, 2.24) is 4.98 Å². The van der Waals surface area contributed by atoms with E-state index in [0.717, 1.165) is 30.0 Å². The molecule has 0 aliphatic heterocycles. The van der Waals surface area contributed by atoms with Crippen LogP contribution in [0.25, 0.3) is 0 Å². The van der Waals surface area contributed by atoms with Crippen molar-refractivity contribution in [3.63, 3.8) is 0 Å². The lowest BCUT2D eigenvalue weighted by molar-refractivity contribution is 0.174. The second-order valence-electron chi connectivity index (χ2n) is 4.41. The fourth-order valence-corrected chi connectivity index (χ4v) is 1.84. The van der Waals surface area contributed by atoms with Gasteiger partial charge < -0.3 is 10.5 Å². The molecule has 0 bridgehead atoms. The summed E-state index contributed by atoms with van der Waals surface area (Å²) < 4.78 is 5.08. The van der Waals surface area contributed by atoms with Crippen LogP contribution in [0.3, 0.4) is 0 Å². The summed E-state index contributed by atoms with van der Waals surface area (Å²) in [5.41, 5.74) is 9.46. The van der Waals surface area contributed by atoms with Crippen molar-refractivity contribution in [3.8, 4) is 0 Å². The Labute approximate surface area is 98.0 Å². The van der Waals surface area contributed by atoms with Gasteiger partial charge in [-0.2, -0.15) is 0 Å². The first-order valence-electron chi connectivity index (χ1n) is 5.75. The van der Waals surface area contributed by atoms with Crippen molar-refractivity contribution in [1.29, 1.82) is 0 Å². The number of hydrogen-bond donors (Lipinski definition) is 1. The zero-order valence-corrected chi connectivity index (χ0v) is 10.7. The van der Waals surface area contributed by atoms with E-state index in [4.69, 9.17) is 10.5 Å². The van der Waals surface area contributed by atoms with Crippen LogP contribution in [0.2, 0.25) is 0 Å². The lowest BCUT2D eigenvalue weighted by Crippen LogP contribution is -2.21. The summed E-state index contributed by atoms with van der Waals surface area (Å²) in [6.07, 6.45) is 0.977. The van der Waals surface area contributed by atoms with Gasteiger partial charge in [-0.25, -0.2) is 0 Å². The summed E-state index contributed by atoms with van der Waals surface area (Å²) in [5.74, 6) is 0.406. The molecule has 1 aromatic heterocycles. The number of nitrogens with zero attached hydrogens (tertiary/aromatic N) is 1. The summed E-state index contributed by atoms with van der Waals surface area (Å²) in [6.45, 7) is 6.93. The van der Waals surface area contributed by atoms with E-state index in [0.29, 0.717) is 5.92 Å². The van der Waals surface area contributed by atoms with Crippen LogP contribution in [0.15, 0.2) is 12.1 Å². The van der Waals surface area contributed by atoms with Gasteiger partial charge >= 0.3 is 0 Å². The van der Waals surface area contributed by atoms with Gasteiger partial charge in [-0.3, -0.25) is 4.98 Å². The van der Waals surface area contributed by atoms with Crippen molar-refractivity contribution in [2.45, 2.75) is 33.2 Å². The van der Waals surface area contributed by atoms with Crippen molar-refractivity contribution in [2.24, 2.45) is 11.7 Å². The SMILES string of the molecule is COCCC(C)C(N)c1ccc(C)nc1C. The molecule has 2 unspecified atom stereocenters. The second kappa shape index (κ2) is 5.97. The molecule has 16 heavy (non-hydrogen) atoms. The van der Waals surface area contributed by atoms with Crippen LogP contribution in [0.4, 0.5) is 0 Å². The third kappa shape index (κ3) is 3.29. The highest BCUT2D eigenvalue weighted by molar-refractivity contribution is 5.25. The molecule has 0 spiro atoms. The number of ether oxygens (including phenoxy) is 1. The monoisotopic (exact) mass is 222 g/mol. The predicted octanol–water partition coefficient (Wildman–Crippen LogP) is 2.37. The lowest BCUT2D eigenvalue weighted by atomic mass is 9.92. The molecule has 0 saturated carbocycles. The van der Waals surface area contributed by atoms with E-state index in [1.807, 2.05) is 19.9 Å². The molecule has 3 nitrogen and oxygen atoms in total. The Bertz CT molecular complexity index is 339. The molecule has 1 heterocycles. The Kier molecular flexibility index (Phi) is 4.90. The predicted molar refractivity (Wildman–Crippen MR) is 66.3 cm³/mol. The van der Waals surface area contributed by atoms with E-state index < -0.39 is 0 Å². The van der Waals surface area contributed by atoms with Gasteiger partial charge in [0.05, 0.1) is 0 Å². The first-order valence-corrected chi connectivity index (χ1v) is 5.75. The number of pyridine rings is 1. The van der Waals surface area contributed by atoms with Gasteiger partial charge in [0, 0.05) is 31.1 Å². The number of aryl methyl sites for hydroxylation is 2. The second-order valence-corrected chi connectivity index (χ2v) is 4.41. The molecule has 2 N–H and O–H groups in total. The van der Waals surface area contributed by atoms with E-state index >= 15 is 0 Å². The molecule has 0 aromatic carbocycles. The van der Waals surface area contributed by atoms with Gasteiger partial charge in [-0.15, -0.1) is 0 Å². The summed E-state index contributed by atoms with van der Waals surface area (Å²) in [4.78, 5) is 4.45. The average Bonchev–Trinajstić information content (AvgIpc) is 2.25. The zero-order valence-electron chi connectivity index (χ0n) is 10.7. The molecule has 0 radical (unpaired) electrons. The van der Waals surface area contributed by atoms with E-state index in [1.165, 1.54) is 0 Å². The molecule has 1 aromatic rings. The van der Waals surface area contributed by atoms with Crippen LogP contribution in [0.1, 0.15) is 36.3 Å². The third-order valence-corrected chi connectivity index (χ3v) is 3.02. The van der Waals surface area contributed by atoms with Crippen molar-refractivity contribution < 1.29 is 4.74 Å². The maximum Gasteiger partial charge on any atom is 0.0465 e. The fraction of sp³-hybridized carbons (Fsp3) is 0.615. The van der Waals surface area contributed by atoms with Crippen molar-refractivity contribution in [3.05, 3.63) is 29.1 Å². The van der Waals surface area contributed by atoms with Crippen LogP contribution >= 0.6 is 0 Å². The van der Waals surface area contributed by atoms with E-state index in [-0.39, 0.29) is 6.04 Å². The number of methoxy groups -OCH3 is 1. The highest BCUT2D eigenvalue weighted by atomic mass is 16.5. The minimum atomic E-state index is 0.0447. The van der Waals surface area contributed by atoms with Crippen LogP contribution in [-0.4, -0.2) is 18.7 Å². The summed E-state index contributed by atoms with van der Waals surface area (Å²) >= 11 is 0. The molecule has 0 fully saturated rings. The van der Waals surface area contributed by atoms with E-state index in [2.05, 4.69) is 18.0 Å². The van der Waals surface area contributed by atoms with E-state index in [1.54, 1.807) is 7.11 Å². The van der Waals surface area contributed by atoms with Crippen LogP contribution in [-0.2, 0) is 4.74 Å². The van der Waals surface area contributed by atoms with Gasteiger partial charge in [0.25, 0.3) is 0 Å². The number of nitrogens with two attached hydrogens (primary N) is 1. The highest BCUT2D eigenvalue weighted by Crippen LogP contribution is 2.24. The molecule has 0 aliphatic rings. The first kappa shape index (κ1) is 13.1. The standard InChI is InChI=1S/C13H22N2O/c1-9(7-8-16-4)13(14)12-6-5-10(2)15-11(12)3/h5-6,9,13H,7-8,14H2,1-4H3. The summed E-state index contributed by atoms with van der Waals surface area (Å²) in [5, 5.41) is 0. The smallest absolute Gasteiger partial charge is 0.0465 e. The fourth-order valence-electron chi connectivity index (χ4n) is 1.84. The first-order chi connectivity index (χ1) is 7.56. The summed E-state index contributed by atoms with van der Waals surface area (Å²) in [6, 6.07) is 4.15.